The number of rotatable bonds is 5. The molecule has 0 spiro atoms. The van der Waals surface area contributed by atoms with E-state index < -0.39 is 6.04 Å². The largest absolute Gasteiger partial charge is 0.375 e. The van der Waals surface area contributed by atoms with E-state index in [1.807, 2.05) is 51.2 Å². The number of para-hydroxylation sites is 1. The molecule has 140 valence electrons. The number of fused-ring (bicyclic) bond motifs is 1. The lowest BCUT2D eigenvalue weighted by atomic mass is 10.0. The fourth-order valence-corrected chi connectivity index (χ4v) is 3.30. The summed E-state index contributed by atoms with van der Waals surface area (Å²) in [6.07, 6.45) is 2.41. The monoisotopic (exact) mass is 357 g/mol. The summed E-state index contributed by atoms with van der Waals surface area (Å²) in [7, 11) is 0. The third-order valence-electron chi connectivity index (χ3n) is 4.79. The molecule has 2 N–H and O–H groups in total. The molecule has 2 amide bonds. The maximum absolute atomic E-state index is 13.1. The van der Waals surface area contributed by atoms with Gasteiger partial charge < -0.3 is 19.9 Å². The maximum atomic E-state index is 13.1. The second-order valence-corrected chi connectivity index (χ2v) is 7.25. The number of nitrogens with zero attached hydrogens (tertiary/aromatic N) is 1. The van der Waals surface area contributed by atoms with Crippen molar-refractivity contribution in [1.82, 2.24) is 15.2 Å². The van der Waals surface area contributed by atoms with Crippen molar-refractivity contribution in [3.8, 4) is 0 Å². The quantitative estimate of drug-likeness (QED) is 0.861. The molecule has 3 rings (SSSR count). The van der Waals surface area contributed by atoms with Crippen molar-refractivity contribution in [2.24, 2.45) is 5.92 Å². The molecular weight excluding hydrogens is 330 g/mol. The second-order valence-electron chi connectivity index (χ2n) is 7.25. The van der Waals surface area contributed by atoms with Crippen LogP contribution < -0.4 is 5.32 Å². The summed E-state index contributed by atoms with van der Waals surface area (Å²) in [4.78, 5) is 30.4. The number of morpholine rings is 1. The van der Waals surface area contributed by atoms with Gasteiger partial charge in [-0.15, -0.1) is 0 Å². The molecule has 0 saturated carbocycles. The van der Waals surface area contributed by atoms with Crippen molar-refractivity contribution in [3.05, 3.63) is 36.0 Å². The smallest absolute Gasteiger partial charge is 0.245 e. The molecule has 1 fully saturated rings. The van der Waals surface area contributed by atoms with E-state index in [0.29, 0.717) is 26.1 Å². The van der Waals surface area contributed by atoms with Gasteiger partial charge in [0.1, 0.15) is 6.04 Å². The molecule has 0 aliphatic carbocycles. The van der Waals surface area contributed by atoms with Crippen LogP contribution in [0.25, 0.3) is 10.9 Å². The summed E-state index contributed by atoms with van der Waals surface area (Å²) >= 11 is 0. The molecule has 1 saturated heterocycles. The molecule has 2 atom stereocenters. The molecule has 0 unspecified atom stereocenters. The lowest BCUT2D eigenvalue weighted by Gasteiger charge is -2.34. The molecule has 6 heteroatoms. The predicted octanol–water partition coefficient (Wildman–Crippen LogP) is 2.10. The highest BCUT2D eigenvalue weighted by Crippen LogP contribution is 2.20. The standard InChI is InChI=1S/C20H27N3O3/c1-13(2)19(24)22-18(20(25)23-8-9-26-14(3)12-23)10-15-11-21-17-7-5-4-6-16(15)17/h4-7,11,13-14,18,21H,8-10,12H2,1-3H3,(H,22,24)/t14-,18-/m0/s1. The van der Waals surface area contributed by atoms with Gasteiger partial charge in [0.15, 0.2) is 0 Å². The zero-order valence-electron chi connectivity index (χ0n) is 15.6. The van der Waals surface area contributed by atoms with Gasteiger partial charge in [-0.25, -0.2) is 0 Å². The Kier molecular flexibility index (Phi) is 5.61. The van der Waals surface area contributed by atoms with Crippen molar-refractivity contribution in [2.75, 3.05) is 19.7 Å². The highest BCUT2D eigenvalue weighted by Gasteiger charge is 2.30. The Morgan fingerprint density at radius 3 is 2.85 bits per heavy atom. The topological polar surface area (TPSA) is 74.4 Å². The van der Waals surface area contributed by atoms with Gasteiger partial charge in [-0.05, 0) is 18.6 Å². The van der Waals surface area contributed by atoms with Gasteiger partial charge >= 0.3 is 0 Å². The molecule has 1 aliphatic rings. The fourth-order valence-electron chi connectivity index (χ4n) is 3.30. The van der Waals surface area contributed by atoms with Crippen LogP contribution in [0.2, 0.25) is 0 Å². The summed E-state index contributed by atoms with van der Waals surface area (Å²) < 4.78 is 5.53. The molecule has 1 aromatic heterocycles. The summed E-state index contributed by atoms with van der Waals surface area (Å²) in [5, 5.41) is 4.03. The molecule has 26 heavy (non-hydrogen) atoms. The number of hydrogen-bond donors (Lipinski definition) is 2. The molecule has 2 aromatic rings. The van der Waals surface area contributed by atoms with Crippen molar-refractivity contribution in [3.63, 3.8) is 0 Å². The predicted molar refractivity (Wildman–Crippen MR) is 101 cm³/mol. The second kappa shape index (κ2) is 7.91. The van der Waals surface area contributed by atoms with Gasteiger partial charge in [-0.2, -0.15) is 0 Å². The van der Waals surface area contributed by atoms with E-state index >= 15 is 0 Å². The number of carbonyl (C=O) groups is 2. The fraction of sp³-hybridized carbons (Fsp3) is 0.500. The van der Waals surface area contributed by atoms with Gasteiger partial charge in [0.05, 0.1) is 12.7 Å². The highest BCUT2D eigenvalue weighted by atomic mass is 16.5. The zero-order chi connectivity index (χ0) is 18.7. The molecule has 6 nitrogen and oxygen atoms in total. The van der Waals surface area contributed by atoms with Crippen LogP contribution in [-0.2, 0) is 20.7 Å². The summed E-state index contributed by atoms with van der Waals surface area (Å²) in [5.41, 5.74) is 2.06. The van der Waals surface area contributed by atoms with Crippen LogP contribution in [0.15, 0.2) is 30.5 Å². The Hall–Kier alpha value is -2.34. The van der Waals surface area contributed by atoms with E-state index in [1.165, 1.54) is 0 Å². The van der Waals surface area contributed by atoms with Gasteiger partial charge in [0.2, 0.25) is 11.8 Å². The summed E-state index contributed by atoms with van der Waals surface area (Å²) in [5.74, 6) is -0.319. The first kappa shape index (κ1) is 18.5. The first-order chi connectivity index (χ1) is 12.5. The Bertz CT molecular complexity index is 783. The van der Waals surface area contributed by atoms with Crippen molar-refractivity contribution < 1.29 is 14.3 Å². The molecule has 2 heterocycles. The number of benzene rings is 1. The SMILES string of the molecule is CC(C)C(=O)N[C@@H](Cc1c[nH]c2ccccc12)C(=O)N1CCO[C@@H](C)C1. The number of nitrogens with one attached hydrogen (secondary N) is 2. The van der Waals surface area contributed by atoms with Crippen LogP contribution in [-0.4, -0.2) is 53.5 Å². The van der Waals surface area contributed by atoms with Crippen LogP contribution in [0.3, 0.4) is 0 Å². The van der Waals surface area contributed by atoms with E-state index in [0.717, 1.165) is 16.5 Å². The lowest BCUT2D eigenvalue weighted by molar-refractivity contribution is -0.142. The Balaban J connectivity index is 1.82. The zero-order valence-corrected chi connectivity index (χ0v) is 15.6. The van der Waals surface area contributed by atoms with Crippen LogP contribution in [0, 0.1) is 5.92 Å². The number of H-pyrrole nitrogens is 1. The normalized spacial score (nSPS) is 18.9. The minimum absolute atomic E-state index is 0.0160. The lowest BCUT2D eigenvalue weighted by Crippen LogP contribution is -2.54. The van der Waals surface area contributed by atoms with Crippen LogP contribution >= 0.6 is 0 Å². The number of carbonyl (C=O) groups excluding carboxylic acids is 2. The molecule has 1 aromatic carbocycles. The van der Waals surface area contributed by atoms with Crippen molar-refractivity contribution >= 4 is 22.7 Å². The van der Waals surface area contributed by atoms with Crippen molar-refractivity contribution in [1.29, 1.82) is 0 Å². The third kappa shape index (κ3) is 4.07. The van der Waals surface area contributed by atoms with Gasteiger partial charge in [-0.3, -0.25) is 9.59 Å². The number of hydrogen-bond acceptors (Lipinski definition) is 3. The first-order valence-electron chi connectivity index (χ1n) is 9.21. The first-order valence-corrected chi connectivity index (χ1v) is 9.21. The average molecular weight is 357 g/mol. The van der Waals surface area contributed by atoms with E-state index in [2.05, 4.69) is 10.3 Å². The maximum Gasteiger partial charge on any atom is 0.245 e. The molecule has 0 radical (unpaired) electrons. The van der Waals surface area contributed by atoms with Gasteiger partial charge in [0.25, 0.3) is 0 Å². The molecular formula is C20H27N3O3. The van der Waals surface area contributed by atoms with E-state index in [9.17, 15) is 9.59 Å². The van der Waals surface area contributed by atoms with E-state index in [-0.39, 0.29) is 23.8 Å². The Morgan fingerprint density at radius 1 is 1.35 bits per heavy atom. The summed E-state index contributed by atoms with van der Waals surface area (Å²) in [6, 6.07) is 7.42. The van der Waals surface area contributed by atoms with Crippen LogP contribution in [0.5, 0.6) is 0 Å². The number of aromatic amines is 1. The van der Waals surface area contributed by atoms with Crippen LogP contribution in [0.1, 0.15) is 26.3 Å². The van der Waals surface area contributed by atoms with E-state index in [4.69, 9.17) is 4.74 Å². The minimum Gasteiger partial charge on any atom is -0.375 e. The van der Waals surface area contributed by atoms with Gasteiger partial charge in [0, 0.05) is 42.5 Å². The highest BCUT2D eigenvalue weighted by molar-refractivity contribution is 5.90. The number of ether oxygens (including phenoxy) is 1. The summed E-state index contributed by atoms with van der Waals surface area (Å²) in [6.45, 7) is 7.27. The van der Waals surface area contributed by atoms with E-state index in [1.54, 1.807) is 4.90 Å². The average Bonchev–Trinajstić information content (AvgIpc) is 3.03. The Morgan fingerprint density at radius 2 is 2.12 bits per heavy atom. The number of amides is 2. The third-order valence-corrected chi connectivity index (χ3v) is 4.79. The molecule has 0 bridgehead atoms. The van der Waals surface area contributed by atoms with Crippen LogP contribution in [0.4, 0.5) is 0 Å². The van der Waals surface area contributed by atoms with Gasteiger partial charge in [-0.1, -0.05) is 32.0 Å². The Labute approximate surface area is 153 Å². The molecule has 1 aliphatic heterocycles. The van der Waals surface area contributed by atoms with Crippen molar-refractivity contribution in [2.45, 2.75) is 39.3 Å². The number of aromatic nitrogens is 1. The minimum atomic E-state index is -0.575.